The lowest BCUT2D eigenvalue weighted by Crippen LogP contribution is -2.32. The molecule has 20 heavy (non-hydrogen) atoms. The molecule has 1 amide bonds. The third-order valence-electron chi connectivity index (χ3n) is 4.00. The molecular weight excluding hydrogens is 252 g/mol. The van der Waals surface area contributed by atoms with Gasteiger partial charge in [0.2, 0.25) is 5.91 Å². The van der Waals surface area contributed by atoms with Crippen molar-refractivity contribution in [3.63, 3.8) is 0 Å². The van der Waals surface area contributed by atoms with Crippen LogP contribution in [0.1, 0.15) is 17.5 Å². The zero-order valence-electron chi connectivity index (χ0n) is 12.3. The quantitative estimate of drug-likeness (QED) is 0.463. The van der Waals surface area contributed by atoms with Crippen molar-refractivity contribution in [3.8, 4) is 0 Å². The first-order valence-electron chi connectivity index (χ1n) is 7.05. The van der Waals surface area contributed by atoms with Crippen LogP contribution in [0.2, 0.25) is 0 Å². The van der Waals surface area contributed by atoms with Crippen molar-refractivity contribution in [2.75, 3.05) is 27.2 Å². The number of hydrazine groups is 1. The van der Waals surface area contributed by atoms with Crippen LogP contribution in [-0.4, -0.2) is 48.9 Å². The molecule has 0 radical (unpaired) electrons. The number of likely N-dealkylation sites (tertiary alicyclic amines) is 1. The summed E-state index contributed by atoms with van der Waals surface area (Å²) in [5.41, 5.74) is 4.47. The predicted molar refractivity (Wildman–Crippen MR) is 79.8 cm³/mol. The zero-order valence-corrected chi connectivity index (χ0v) is 12.3. The van der Waals surface area contributed by atoms with E-state index in [0.717, 1.165) is 25.2 Å². The summed E-state index contributed by atoms with van der Waals surface area (Å²) in [5.74, 6) is 5.02. The van der Waals surface area contributed by atoms with Crippen molar-refractivity contribution in [2.24, 2.45) is 5.84 Å². The molecule has 1 aliphatic rings. The number of hydrogen-bond acceptors (Lipinski definition) is 4. The summed E-state index contributed by atoms with van der Waals surface area (Å²) >= 11 is 0. The molecule has 0 aromatic heterocycles. The number of benzene rings is 1. The van der Waals surface area contributed by atoms with Crippen LogP contribution in [0.3, 0.4) is 0 Å². The summed E-state index contributed by atoms with van der Waals surface area (Å²) in [6, 6.07) is 8.73. The number of carbonyl (C=O) groups is 1. The molecule has 0 aliphatic carbocycles. The predicted octanol–water partition coefficient (Wildman–Crippen LogP) is 0.355. The van der Waals surface area contributed by atoms with Gasteiger partial charge in [-0.1, -0.05) is 24.3 Å². The average molecular weight is 276 g/mol. The van der Waals surface area contributed by atoms with E-state index in [1.165, 1.54) is 12.0 Å². The Morgan fingerprint density at radius 1 is 1.40 bits per heavy atom. The Morgan fingerprint density at radius 3 is 2.70 bits per heavy atom. The van der Waals surface area contributed by atoms with Gasteiger partial charge >= 0.3 is 0 Å². The second-order valence-electron chi connectivity index (χ2n) is 5.65. The maximum atomic E-state index is 11.5. The fourth-order valence-corrected chi connectivity index (χ4v) is 2.73. The first kappa shape index (κ1) is 15.0. The number of carbonyl (C=O) groups excluding carboxylic acids is 1. The normalized spacial score (nSPS) is 19.5. The third-order valence-corrected chi connectivity index (χ3v) is 4.00. The maximum absolute atomic E-state index is 11.5. The monoisotopic (exact) mass is 276 g/mol. The molecule has 1 fully saturated rings. The van der Waals surface area contributed by atoms with E-state index in [9.17, 15) is 4.79 Å². The Kier molecular flexibility index (Phi) is 5.11. The van der Waals surface area contributed by atoms with E-state index >= 15 is 0 Å². The largest absolute Gasteiger partial charge is 0.305 e. The van der Waals surface area contributed by atoms with Crippen LogP contribution in [0.4, 0.5) is 0 Å². The van der Waals surface area contributed by atoms with E-state index < -0.39 is 0 Å². The molecule has 1 aliphatic heterocycles. The lowest BCUT2D eigenvalue weighted by Gasteiger charge is -2.21. The van der Waals surface area contributed by atoms with E-state index in [1.807, 2.05) is 18.2 Å². The highest BCUT2D eigenvalue weighted by atomic mass is 16.2. The van der Waals surface area contributed by atoms with Gasteiger partial charge in [-0.3, -0.25) is 15.1 Å². The van der Waals surface area contributed by atoms with Gasteiger partial charge < -0.3 is 4.90 Å². The molecule has 1 atom stereocenters. The molecule has 0 bridgehead atoms. The SMILES string of the molecule is CN(C)C1CCN(Cc2ccccc2CC(=O)NN)C1. The highest BCUT2D eigenvalue weighted by Gasteiger charge is 2.24. The van der Waals surface area contributed by atoms with Crippen LogP contribution in [0.5, 0.6) is 0 Å². The lowest BCUT2D eigenvalue weighted by molar-refractivity contribution is -0.120. The molecule has 5 heteroatoms. The van der Waals surface area contributed by atoms with Crippen LogP contribution in [0.15, 0.2) is 24.3 Å². The Balaban J connectivity index is 2.01. The summed E-state index contributed by atoms with van der Waals surface area (Å²) in [6.45, 7) is 3.10. The van der Waals surface area contributed by atoms with E-state index in [1.54, 1.807) is 0 Å². The molecule has 1 saturated heterocycles. The summed E-state index contributed by atoms with van der Waals surface area (Å²) in [7, 11) is 4.27. The van der Waals surface area contributed by atoms with Gasteiger partial charge in [0.15, 0.2) is 0 Å². The highest BCUT2D eigenvalue weighted by Crippen LogP contribution is 2.18. The summed E-state index contributed by atoms with van der Waals surface area (Å²) in [5, 5.41) is 0. The van der Waals surface area contributed by atoms with E-state index in [0.29, 0.717) is 12.5 Å². The molecule has 1 heterocycles. The molecule has 1 unspecified atom stereocenters. The minimum Gasteiger partial charge on any atom is -0.305 e. The third kappa shape index (κ3) is 3.79. The van der Waals surface area contributed by atoms with E-state index in [-0.39, 0.29) is 5.91 Å². The van der Waals surface area contributed by atoms with Crippen molar-refractivity contribution < 1.29 is 4.79 Å². The van der Waals surface area contributed by atoms with E-state index in [2.05, 4.69) is 35.4 Å². The minimum absolute atomic E-state index is 0.148. The zero-order chi connectivity index (χ0) is 14.5. The van der Waals surface area contributed by atoms with Crippen LogP contribution in [0, 0.1) is 0 Å². The Morgan fingerprint density at radius 2 is 2.10 bits per heavy atom. The number of rotatable bonds is 5. The molecule has 0 spiro atoms. The van der Waals surface area contributed by atoms with Gasteiger partial charge in [0.05, 0.1) is 6.42 Å². The Bertz CT molecular complexity index is 461. The van der Waals surface area contributed by atoms with Crippen LogP contribution in [0.25, 0.3) is 0 Å². The molecule has 2 rings (SSSR count). The lowest BCUT2D eigenvalue weighted by atomic mass is 10.0. The van der Waals surface area contributed by atoms with Crippen molar-refractivity contribution >= 4 is 5.91 Å². The average Bonchev–Trinajstić information content (AvgIpc) is 2.89. The Hall–Kier alpha value is -1.43. The van der Waals surface area contributed by atoms with Gasteiger partial charge in [-0.2, -0.15) is 0 Å². The minimum atomic E-state index is -0.148. The van der Waals surface area contributed by atoms with Gasteiger partial charge in [0.1, 0.15) is 0 Å². The van der Waals surface area contributed by atoms with Crippen molar-refractivity contribution in [2.45, 2.75) is 25.4 Å². The van der Waals surface area contributed by atoms with Gasteiger partial charge in [0.25, 0.3) is 0 Å². The number of likely N-dealkylation sites (N-methyl/N-ethyl adjacent to an activating group) is 1. The first-order valence-corrected chi connectivity index (χ1v) is 7.05. The molecule has 110 valence electrons. The summed E-state index contributed by atoms with van der Waals surface area (Å²) < 4.78 is 0. The van der Waals surface area contributed by atoms with E-state index in [4.69, 9.17) is 5.84 Å². The second kappa shape index (κ2) is 6.83. The molecule has 0 saturated carbocycles. The maximum Gasteiger partial charge on any atom is 0.238 e. The standard InChI is InChI=1S/C15H24N4O/c1-18(2)14-7-8-19(11-14)10-13-6-4-3-5-12(13)9-15(20)17-16/h3-6,14H,7-11,16H2,1-2H3,(H,17,20). The molecule has 1 aromatic carbocycles. The van der Waals surface area contributed by atoms with Gasteiger partial charge in [-0.15, -0.1) is 0 Å². The fourth-order valence-electron chi connectivity index (χ4n) is 2.73. The number of hydrogen-bond donors (Lipinski definition) is 2. The summed E-state index contributed by atoms with van der Waals surface area (Å²) in [6.07, 6.45) is 1.55. The summed E-state index contributed by atoms with van der Waals surface area (Å²) in [4.78, 5) is 16.2. The molecule has 3 N–H and O–H groups in total. The van der Waals surface area contributed by atoms with Crippen LogP contribution < -0.4 is 11.3 Å². The van der Waals surface area contributed by atoms with Crippen molar-refractivity contribution in [1.82, 2.24) is 15.2 Å². The highest BCUT2D eigenvalue weighted by molar-refractivity contribution is 5.78. The van der Waals surface area contributed by atoms with Gasteiger partial charge in [-0.25, -0.2) is 5.84 Å². The molecule has 1 aromatic rings. The van der Waals surface area contributed by atoms with Gasteiger partial charge in [0, 0.05) is 25.7 Å². The van der Waals surface area contributed by atoms with Gasteiger partial charge in [-0.05, 0) is 31.6 Å². The number of amides is 1. The second-order valence-corrected chi connectivity index (χ2v) is 5.65. The van der Waals surface area contributed by atoms with Crippen molar-refractivity contribution in [3.05, 3.63) is 35.4 Å². The number of nitrogens with one attached hydrogen (secondary N) is 1. The first-order chi connectivity index (χ1) is 9.60. The number of nitrogens with two attached hydrogens (primary N) is 1. The molecule has 5 nitrogen and oxygen atoms in total. The smallest absolute Gasteiger partial charge is 0.238 e. The topological polar surface area (TPSA) is 61.6 Å². The Labute approximate surface area is 120 Å². The van der Waals surface area contributed by atoms with Crippen LogP contribution >= 0.6 is 0 Å². The molecular formula is C15H24N4O. The number of nitrogens with zero attached hydrogens (tertiary/aromatic N) is 2. The fraction of sp³-hybridized carbons (Fsp3) is 0.533. The van der Waals surface area contributed by atoms with Crippen LogP contribution in [-0.2, 0) is 17.8 Å². The van der Waals surface area contributed by atoms with Crippen molar-refractivity contribution in [1.29, 1.82) is 0 Å².